The van der Waals surface area contributed by atoms with Crippen LogP contribution in [0.2, 0.25) is 0 Å². The van der Waals surface area contributed by atoms with Gasteiger partial charge in [0.1, 0.15) is 5.82 Å². The lowest BCUT2D eigenvalue weighted by molar-refractivity contribution is 0.0697. The van der Waals surface area contributed by atoms with Crippen molar-refractivity contribution in [3.05, 3.63) is 65.0 Å². The highest BCUT2D eigenvalue weighted by molar-refractivity contribution is 5.94. The Hall–Kier alpha value is -2.36. The molecule has 0 aromatic heterocycles. The molecule has 19 heavy (non-hydrogen) atoms. The maximum absolute atomic E-state index is 13.7. The van der Waals surface area contributed by atoms with Crippen LogP contribution in [0.1, 0.15) is 21.5 Å². The highest BCUT2D eigenvalue weighted by Crippen LogP contribution is 2.21. The zero-order chi connectivity index (χ0) is 13.8. The van der Waals surface area contributed by atoms with E-state index < -0.39 is 11.8 Å². The van der Waals surface area contributed by atoms with Gasteiger partial charge in [0.2, 0.25) is 0 Å². The molecule has 0 unspecified atom stereocenters. The zero-order valence-corrected chi connectivity index (χ0v) is 10.5. The number of aryl methyl sites for hydroxylation is 1. The van der Waals surface area contributed by atoms with Crippen molar-refractivity contribution in [2.75, 3.05) is 5.32 Å². The number of carboxylic acid groups (broad SMARTS) is 1. The van der Waals surface area contributed by atoms with Gasteiger partial charge >= 0.3 is 5.97 Å². The number of anilines is 1. The van der Waals surface area contributed by atoms with Gasteiger partial charge in [0.25, 0.3) is 0 Å². The zero-order valence-electron chi connectivity index (χ0n) is 10.5. The Morgan fingerprint density at radius 2 is 1.95 bits per heavy atom. The minimum Gasteiger partial charge on any atom is -0.478 e. The lowest BCUT2D eigenvalue weighted by Gasteiger charge is -2.12. The number of carboxylic acids is 1. The number of carbonyl (C=O) groups is 1. The summed E-state index contributed by atoms with van der Waals surface area (Å²) in [7, 11) is 0. The largest absolute Gasteiger partial charge is 0.478 e. The van der Waals surface area contributed by atoms with E-state index in [0.717, 1.165) is 11.1 Å². The number of benzene rings is 2. The van der Waals surface area contributed by atoms with Crippen molar-refractivity contribution >= 4 is 11.7 Å². The number of para-hydroxylation sites is 1. The molecule has 0 radical (unpaired) electrons. The highest BCUT2D eigenvalue weighted by Gasteiger charge is 2.13. The maximum Gasteiger partial charge on any atom is 0.337 e. The van der Waals surface area contributed by atoms with Gasteiger partial charge in [-0.05, 0) is 30.2 Å². The Morgan fingerprint density at radius 3 is 2.63 bits per heavy atom. The van der Waals surface area contributed by atoms with E-state index in [9.17, 15) is 9.18 Å². The molecule has 3 nitrogen and oxygen atoms in total. The molecule has 2 rings (SSSR count). The van der Waals surface area contributed by atoms with Crippen LogP contribution in [0.15, 0.2) is 42.5 Å². The second kappa shape index (κ2) is 5.52. The van der Waals surface area contributed by atoms with Crippen LogP contribution < -0.4 is 5.32 Å². The molecule has 0 atom stereocenters. The van der Waals surface area contributed by atoms with Gasteiger partial charge in [0, 0.05) is 6.54 Å². The fraction of sp³-hybridized carbons (Fsp3) is 0.133. The Labute approximate surface area is 110 Å². The first-order valence-corrected chi connectivity index (χ1v) is 5.90. The lowest BCUT2D eigenvalue weighted by Crippen LogP contribution is -2.09. The summed E-state index contributed by atoms with van der Waals surface area (Å²) in [4.78, 5) is 11.0. The number of halogens is 1. The first-order valence-electron chi connectivity index (χ1n) is 5.90. The summed E-state index contributed by atoms with van der Waals surface area (Å²) in [5.41, 5.74) is 2.04. The normalized spacial score (nSPS) is 10.2. The summed E-state index contributed by atoms with van der Waals surface area (Å²) in [6, 6.07) is 11.7. The molecule has 0 saturated heterocycles. The molecule has 2 aromatic carbocycles. The van der Waals surface area contributed by atoms with Crippen molar-refractivity contribution in [1.29, 1.82) is 0 Å². The van der Waals surface area contributed by atoms with Crippen molar-refractivity contribution in [2.24, 2.45) is 0 Å². The Balaban J connectivity index is 2.25. The van der Waals surface area contributed by atoms with E-state index in [2.05, 4.69) is 5.32 Å². The van der Waals surface area contributed by atoms with Crippen molar-refractivity contribution in [3.63, 3.8) is 0 Å². The third kappa shape index (κ3) is 2.91. The summed E-state index contributed by atoms with van der Waals surface area (Å²) in [5, 5.41) is 11.9. The number of rotatable bonds is 4. The molecule has 0 bridgehead atoms. The molecule has 0 aliphatic carbocycles. The smallest absolute Gasteiger partial charge is 0.337 e. The number of hydrogen-bond donors (Lipinski definition) is 2. The van der Waals surface area contributed by atoms with Crippen LogP contribution in [0.5, 0.6) is 0 Å². The highest BCUT2D eigenvalue weighted by atomic mass is 19.1. The quantitative estimate of drug-likeness (QED) is 0.884. The molecule has 0 spiro atoms. The van der Waals surface area contributed by atoms with Gasteiger partial charge in [-0.25, -0.2) is 9.18 Å². The SMILES string of the molecule is Cc1ccccc1CNc1c(F)cccc1C(=O)O. The fourth-order valence-corrected chi connectivity index (χ4v) is 1.87. The van der Waals surface area contributed by atoms with Gasteiger partial charge in [0.15, 0.2) is 0 Å². The minimum atomic E-state index is -1.15. The molecule has 0 heterocycles. The molecule has 4 heteroatoms. The molecule has 0 aliphatic rings. The number of hydrogen-bond acceptors (Lipinski definition) is 2. The predicted octanol–water partition coefficient (Wildman–Crippen LogP) is 3.44. The first kappa shape index (κ1) is 13.1. The maximum atomic E-state index is 13.7. The van der Waals surface area contributed by atoms with E-state index in [-0.39, 0.29) is 11.3 Å². The molecule has 2 aromatic rings. The van der Waals surface area contributed by atoms with Gasteiger partial charge < -0.3 is 10.4 Å². The average molecular weight is 259 g/mol. The number of aromatic carboxylic acids is 1. The Kier molecular flexibility index (Phi) is 3.80. The molecule has 0 saturated carbocycles. The van der Waals surface area contributed by atoms with E-state index in [1.807, 2.05) is 31.2 Å². The Bertz CT molecular complexity index is 611. The average Bonchev–Trinajstić information content (AvgIpc) is 2.38. The third-order valence-corrected chi connectivity index (χ3v) is 2.96. The minimum absolute atomic E-state index is 0.0262. The van der Waals surface area contributed by atoms with Crippen molar-refractivity contribution in [3.8, 4) is 0 Å². The topological polar surface area (TPSA) is 49.3 Å². The van der Waals surface area contributed by atoms with Crippen LogP contribution in [0.25, 0.3) is 0 Å². The summed E-state index contributed by atoms with van der Waals surface area (Å²) in [6.07, 6.45) is 0. The summed E-state index contributed by atoms with van der Waals surface area (Å²) in [6.45, 7) is 2.34. The predicted molar refractivity (Wildman–Crippen MR) is 71.9 cm³/mol. The van der Waals surface area contributed by atoms with Crippen LogP contribution in [-0.4, -0.2) is 11.1 Å². The van der Waals surface area contributed by atoms with Gasteiger partial charge in [-0.3, -0.25) is 0 Å². The first-order chi connectivity index (χ1) is 9.09. The van der Waals surface area contributed by atoms with Crippen molar-refractivity contribution in [1.82, 2.24) is 0 Å². The third-order valence-electron chi connectivity index (χ3n) is 2.96. The molecular formula is C15H14FNO2. The van der Waals surface area contributed by atoms with Gasteiger partial charge in [0.05, 0.1) is 11.3 Å². The van der Waals surface area contributed by atoms with Gasteiger partial charge in [-0.1, -0.05) is 30.3 Å². The Morgan fingerprint density at radius 1 is 1.21 bits per heavy atom. The van der Waals surface area contributed by atoms with Crippen LogP contribution in [0, 0.1) is 12.7 Å². The number of nitrogens with one attached hydrogen (secondary N) is 1. The molecule has 98 valence electrons. The van der Waals surface area contributed by atoms with Gasteiger partial charge in [-0.15, -0.1) is 0 Å². The molecule has 0 aliphatic heterocycles. The molecule has 2 N–H and O–H groups in total. The van der Waals surface area contributed by atoms with E-state index in [0.29, 0.717) is 6.54 Å². The van der Waals surface area contributed by atoms with E-state index in [1.165, 1.54) is 18.2 Å². The molecule has 0 fully saturated rings. The second-order valence-corrected chi connectivity index (χ2v) is 4.25. The second-order valence-electron chi connectivity index (χ2n) is 4.25. The van der Waals surface area contributed by atoms with Crippen molar-refractivity contribution in [2.45, 2.75) is 13.5 Å². The van der Waals surface area contributed by atoms with Crippen LogP contribution >= 0.6 is 0 Å². The van der Waals surface area contributed by atoms with Crippen molar-refractivity contribution < 1.29 is 14.3 Å². The van der Waals surface area contributed by atoms with Gasteiger partial charge in [-0.2, -0.15) is 0 Å². The van der Waals surface area contributed by atoms with Crippen LogP contribution in [-0.2, 0) is 6.54 Å². The fourth-order valence-electron chi connectivity index (χ4n) is 1.87. The standard InChI is InChI=1S/C15H14FNO2/c1-10-5-2-3-6-11(10)9-17-14-12(15(18)19)7-4-8-13(14)16/h2-8,17H,9H2,1H3,(H,18,19). The summed E-state index contributed by atoms with van der Waals surface area (Å²) < 4.78 is 13.7. The molecule has 0 amide bonds. The summed E-state index contributed by atoms with van der Waals surface area (Å²) >= 11 is 0. The monoisotopic (exact) mass is 259 g/mol. The molecular weight excluding hydrogens is 245 g/mol. The lowest BCUT2D eigenvalue weighted by atomic mass is 10.1. The van der Waals surface area contributed by atoms with Crippen LogP contribution in [0.4, 0.5) is 10.1 Å². The summed E-state index contributed by atoms with van der Waals surface area (Å²) in [5.74, 6) is -1.71. The van der Waals surface area contributed by atoms with E-state index >= 15 is 0 Å². The van der Waals surface area contributed by atoms with E-state index in [1.54, 1.807) is 0 Å². The van der Waals surface area contributed by atoms with E-state index in [4.69, 9.17) is 5.11 Å². The van der Waals surface area contributed by atoms with Crippen LogP contribution in [0.3, 0.4) is 0 Å².